The lowest BCUT2D eigenvalue weighted by Gasteiger charge is -2.35. The number of carbonyl (C=O) groups is 1. The molecule has 0 unspecified atom stereocenters. The first-order valence-corrected chi connectivity index (χ1v) is 12.3. The lowest BCUT2D eigenvalue weighted by molar-refractivity contribution is -0.139. The second-order valence-corrected chi connectivity index (χ2v) is 10.0. The molecule has 2 N–H and O–H groups in total. The van der Waals surface area contributed by atoms with Crippen LogP contribution in [0.4, 0.5) is 11.4 Å². The molecule has 0 atom stereocenters. The molecule has 0 bridgehead atoms. The number of benzene rings is 2. The van der Waals surface area contributed by atoms with Crippen molar-refractivity contribution in [1.29, 1.82) is 0 Å². The van der Waals surface area contributed by atoms with Crippen molar-refractivity contribution in [2.45, 2.75) is 20.0 Å². The molecule has 0 spiro atoms. The van der Waals surface area contributed by atoms with E-state index >= 15 is 0 Å². The smallest absolute Gasteiger partial charge is 0.341 e. The zero-order valence-corrected chi connectivity index (χ0v) is 20.2. The molecule has 0 radical (unpaired) electrons. The molecule has 32 heavy (non-hydrogen) atoms. The molecule has 174 valence electrons. The van der Waals surface area contributed by atoms with E-state index in [1.54, 1.807) is 36.4 Å². The molecule has 0 aliphatic carbocycles. The minimum Gasteiger partial charge on any atom is -0.491 e. The van der Waals surface area contributed by atoms with Gasteiger partial charge < -0.3 is 19.5 Å². The summed E-state index contributed by atoms with van der Waals surface area (Å²) in [7, 11) is -3.69. The monoisotopic (exact) mass is 527 g/mol. The summed E-state index contributed by atoms with van der Waals surface area (Å²) in [5.74, 6) is 0.0417. The zero-order chi connectivity index (χ0) is 23.3. The minimum atomic E-state index is -3.69. The van der Waals surface area contributed by atoms with E-state index in [2.05, 4.69) is 20.7 Å². The summed E-state index contributed by atoms with van der Waals surface area (Å²) in [5.41, 5.74) is 1.30. The first-order chi connectivity index (χ1) is 15.1. The standard InChI is InChI=1S/C21H26BrN3O6S/c1-15(2)31-18-6-3-16(4-7-18)23-32(28,29)25-11-9-24(10-12-25)17-5-8-19(22)20(13-17)30-14-21(26)27/h3-8,13,15,23H,9-12,14H2,1-2H3,(H,26,27). The predicted molar refractivity (Wildman–Crippen MR) is 126 cm³/mol. The number of piperazine rings is 1. The molecule has 1 fully saturated rings. The van der Waals surface area contributed by atoms with Crippen LogP contribution in [0.15, 0.2) is 46.9 Å². The van der Waals surface area contributed by atoms with Gasteiger partial charge in [-0.05, 0) is 66.2 Å². The average Bonchev–Trinajstić information content (AvgIpc) is 2.74. The van der Waals surface area contributed by atoms with Gasteiger partial charge in [-0.3, -0.25) is 4.72 Å². The topological polar surface area (TPSA) is 108 Å². The lowest BCUT2D eigenvalue weighted by Crippen LogP contribution is -2.50. The summed E-state index contributed by atoms with van der Waals surface area (Å²) in [4.78, 5) is 12.8. The van der Waals surface area contributed by atoms with Crippen LogP contribution in [0, 0.1) is 0 Å². The third kappa shape index (κ3) is 6.50. The highest BCUT2D eigenvalue weighted by atomic mass is 79.9. The van der Waals surface area contributed by atoms with Gasteiger partial charge in [0.15, 0.2) is 6.61 Å². The Bertz CT molecular complexity index is 1040. The molecule has 11 heteroatoms. The molecular formula is C21H26BrN3O6S. The van der Waals surface area contributed by atoms with Crippen LogP contribution in [0.5, 0.6) is 11.5 Å². The van der Waals surface area contributed by atoms with Gasteiger partial charge in [0.2, 0.25) is 0 Å². The summed E-state index contributed by atoms with van der Waals surface area (Å²) in [5, 5.41) is 8.82. The van der Waals surface area contributed by atoms with E-state index in [-0.39, 0.29) is 6.10 Å². The quantitative estimate of drug-likeness (QED) is 0.515. The molecule has 9 nitrogen and oxygen atoms in total. The third-order valence-corrected chi connectivity index (χ3v) is 6.88. The molecule has 1 aliphatic rings. The number of halogens is 1. The van der Waals surface area contributed by atoms with Gasteiger partial charge in [0.25, 0.3) is 0 Å². The second kappa shape index (κ2) is 10.4. The van der Waals surface area contributed by atoms with Crippen molar-refractivity contribution >= 4 is 43.5 Å². The molecular weight excluding hydrogens is 502 g/mol. The number of nitrogens with one attached hydrogen (secondary N) is 1. The molecule has 1 heterocycles. The van der Waals surface area contributed by atoms with Gasteiger partial charge in [-0.15, -0.1) is 0 Å². The Kier molecular flexibility index (Phi) is 7.86. The van der Waals surface area contributed by atoms with Gasteiger partial charge in [-0.1, -0.05) is 0 Å². The molecule has 2 aromatic rings. The number of hydrogen-bond acceptors (Lipinski definition) is 6. The number of hydrogen-bond donors (Lipinski definition) is 2. The van der Waals surface area contributed by atoms with Crippen molar-refractivity contribution in [3.05, 3.63) is 46.9 Å². The molecule has 0 saturated carbocycles. The molecule has 0 aromatic heterocycles. The van der Waals surface area contributed by atoms with E-state index in [9.17, 15) is 13.2 Å². The van der Waals surface area contributed by atoms with Gasteiger partial charge in [-0.2, -0.15) is 12.7 Å². The van der Waals surface area contributed by atoms with E-state index in [0.717, 1.165) is 5.69 Å². The van der Waals surface area contributed by atoms with Gasteiger partial charge in [-0.25, -0.2) is 4.79 Å². The van der Waals surface area contributed by atoms with Crippen LogP contribution in [0.1, 0.15) is 13.8 Å². The van der Waals surface area contributed by atoms with E-state index in [0.29, 0.717) is 47.8 Å². The fraction of sp³-hybridized carbons (Fsp3) is 0.381. The average molecular weight is 528 g/mol. The second-order valence-electron chi connectivity index (χ2n) is 7.48. The number of carboxylic acid groups (broad SMARTS) is 1. The summed E-state index contributed by atoms with van der Waals surface area (Å²) < 4.78 is 41.1. The Morgan fingerprint density at radius 2 is 1.78 bits per heavy atom. The summed E-state index contributed by atoms with van der Waals surface area (Å²) in [6, 6.07) is 12.2. The number of carboxylic acids is 1. The van der Waals surface area contributed by atoms with Gasteiger partial charge in [0.05, 0.1) is 16.3 Å². The largest absolute Gasteiger partial charge is 0.491 e. The van der Waals surface area contributed by atoms with Crippen molar-refractivity contribution < 1.29 is 27.8 Å². The fourth-order valence-electron chi connectivity index (χ4n) is 3.21. The van der Waals surface area contributed by atoms with Crippen LogP contribution in [0.3, 0.4) is 0 Å². The predicted octanol–water partition coefficient (Wildman–Crippen LogP) is 3.18. The fourth-order valence-corrected chi connectivity index (χ4v) is 4.78. The van der Waals surface area contributed by atoms with E-state index in [4.69, 9.17) is 14.6 Å². The molecule has 1 saturated heterocycles. The van der Waals surface area contributed by atoms with Crippen molar-refractivity contribution in [2.75, 3.05) is 42.4 Å². The highest BCUT2D eigenvalue weighted by molar-refractivity contribution is 9.10. The summed E-state index contributed by atoms with van der Waals surface area (Å²) in [6.45, 7) is 5.01. The van der Waals surface area contributed by atoms with Gasteiger partial charge in [0, 0.05) is 37.9 Å². The number of ether oxygens (including phenoxy) is 2. The Morgan fingerprint density at radius 1 is 1.12 bits per heavy atom. The first kappa shape index (κ1) is 24.1. The number of aliphatic carboxylic acids is 1. The normalized spacial score (nSPS) is 14.9. The van der Waals surface area contributed by atoms with Crippen LogP contribution >= 0.6 is 15.9 Å². The maximum atomic E-state index is 12.8. The van der Waals surface area contributed by atoms with Crippen molar-refractivity contribution in [3.8, 4) is 11.5 Å². The Labute approximate surface area is 196 Å². The maximum Gasteiger partial charge on any atom is 0.341 e. The molecule has 2 aromatic carbocycles. The highest BCUT2D eigenvalue weighted by Crippen LogP contribution is 2.31. The zero-order valence-electron chi connectivity index (χ0n) is 17.8. The Hall–Kier alpha value is -2.50. The van der Waals surface area contributed by atoms with Crippen molar-refractivity contribution in [3.63, 3.8) is 0 Å². The number of nitrogens with zero attached hydrogens (tertiary/aromatic N) is 2. The van der Waals surface area contributed by atoms with Gasteiger partial charge >= 0.3 is 16.2 Å². The lowest BCUT2D eigenvalue weighted by atomic mass is 10.2. The Balaban J connectivity index is 1.60. The van der Waals surface area contributed by atoms with Crippen LogP contribution < -0.4 is 19.1 Å². The van der Waals surface area contributed by atoms with Gasteiger partial charge in [0.1, 0.15) is 11.5 Å². The van der Waals surface area contributed by atoms with E-state index < -0.39 is 22.8 Å². The summed E-state index contributed by atoms with van der Waals surface area (Å²) >= 11 is 3.35. The van der Waals surface area contributed by atoms with Crippen LogP contribution in [-0.2, 0) is 15.0 Å². The van der Waals surface area contributed by atoms with E-state index in [1.165, 1.54) is 4.31 Å². The van der Waals surface area contributed by atoms with Crippen LogP contribution in [0.25, 0.3) is 0 Å². The first-order valence-electron chi connectivity index (χ1n) is 10.1. The molecule has 1 aliphatic heterocycles. The maximum absolute atomic E-state index is 12.8. The van der Waals surface area contributed by atoms with E-state index in [1.807, 2.05) is 24.8 Å². The van der Waals surface area contributed by atoms with Crippen LogP contribution in [-0.4, -0.2) is 62.7 Å². The molecule has 3 rings (SSSR count). The molecule has 0 amide bonds. The summed E-state index contributed by atoms with van der Waals surface area (Å²) in [6.07, 6.45) is 0.0411. The SMILES string of the molecule is CC(C)Oc1ccc(NS(=O)(=O)N2CCN(c3ccc(Br)c(OCC(=O)O)c3)CC2)cc1. The number of rotatable bonds is 9. The number of anilines is 2. The highest BCUT2D eigenvalue weighted by Gasteiger charge is 2.27. The van der Waals surface area contributed by atoms with Crippen molar-refractivity contribution in [1.82, 2.24) is 4.31 Å². The van der Waals surface area contributed by atoms with Crippen molar-refractivity contribution in [2.24, 2.45) is 0 Å². The minimum absolute atomic E-state index is 0.0411. The Morgan fingerprint density at radius 3 is 2.38 bits per heavy atom. The van der Waals surface area contributed by atoms with Crippen LogP contribution in [0.2, 0.25) is 0 Å². The third-order valence-electron chi connectivity index (χ3n) is 4.68.